The third-order valence-corrected chi connectivity index (χ3v) is 3.41. The minimum atomic E-state index is -0.785. The highest BCUT2D eigenvalue weighted by molar-refractivity contribution is 5.86. The first kappa shape index (κ1) is 14.2. The first-order valence-corrected chi connectivity index (χ1v) is 6.39. The molecule has 1 saturated heterocycles. The van der Waals surface area contributed by atoms with Crippen molar-refractivity contribution in [3.63, 3.8) is 0 Å². The van der Waals surface area contributed by atoms with Gasteiger partial charge in [-0.05, 0) is 33.4 Å². The number of carboxylic acid groups (broad SMARTS) is 1. The molecule has 1 unspecified atom stereocenters. The van der Waals surface area contributed by atoms with Crippen molar-refractivity contribution in [1.29, 1.82) is 0 Å². The molecule has 98 valence electrons. The first-order valence-electron chi connectivity index (χ1n) is 6.39. The van der Waals surface area contributed by atoms with Gasteiger partial charge in [-0.15, -0.1) is 0 Å². The monoisotopic (exact) mass is 240 g/mol. The van der Waals surface area contributed by atoms with E-state index in [0.717, 1.165) is 32.6 Å². The van der Waals surface area contributed by atoms with Crippen LogP contribution in [0.2, 0.25) is 0 Å². The van der Waals surface area contributed by atoms with Crippen LogP contribution in [0.15, 0.2) is 11.6 Å². The lowest BCUT2D eigenvalue weighted by atomic mass is 10.2. The van der Waals surface area contributed by atoms with Gasteiger partial charge < -0.3 is 10.0 Å². The zero-order chi connectivity index (χ0) is 12.8. The lowest BCUT2D eigenvalue weighted by molar-refractivity contribution is -0.132. The van der Waals surface area contributed by atoms with Crippen molar-refractivity contribution in [3.8, 4) is 0 Å². The molecule has 4 heteroatoms. The molecule has 0 radical (unpaired) electrons. The largest absolute Gasteiger partial charge is 0.478 e. The lowest BCUT2D eigenvalue weighted by Crippen LogP contribution is -2.38. The summed E-state index contributed by atoms with van der Waals surface area (Å²) >= 11 is 0. The summed E-state index contributed by atoms with van der Waals surface area (Å²) in [7, 11) is 2.14. The van der Waals surface area contributed by atoms with Crippen LogP contribution in [-0.2, 0) is 4.79 Å². The van der Waals surface area contributed by atoms with E-state index in [0.29, 0.717) is 18.0 Å². The van der Waals surface area contributed by atoms with Gasteiger partial charge >= 0.3 is 5.97 Å². The van der Waals surface area contributed by atoms with Crippen LogP contribution < -0.4 is 0 Å². The van der Waals surface area contributed by atoms with E-state index in [9.17, 15) is 4.79 Å². The van der Waals surface area contributed by atoms with Crippen molar-refractivity contribution in [1.82, 2.24) is 9.80 Å². The fraction of sp³-hybridized carbons (Fsp3) is 0.769. The van der Waals surface area contributed by atoms with Gasteiger partial charge in [0, 0.05) is 31.2 Å². The molecule has 1 rings (SSSR count). The smallest absolute Gasteiger partial charge is 0.331 e. The zero-order valence-electron chi connectivity index (χ0n) is 11.1. The van der Waals surface area contributed by atoms with Crippen LogP contribution >= 0.6 is 0 Å². The van der Waals surface area contributed by atoms with Gasteiger partial charge in [-0.2, -0.15) is 0 Å². The van der Waals surface area contributed by atoms with Crippen LogP contribution in [0.3, 0.4) is 0 Å². The van der Waals surface area contributed by atoms with Crippen LogP contribution in [0.4, 0.5) is 0 Å². The average molecular weight is 240 g/mol. The molecule has 0 aromatic heterocycles. The number of aliphatic carboxylic acids is 1. The lowest BCUT2D eigenvalue weighted by Gasteiger charge is -2.26. The summed E-state index contributed by atoms with van der Waals surface area (Å²) in [5, 5.41) is 8.97. The number of nitrogens with zero attached hydrogens (tertiary/aromatic N) is 2. The molecule has 4 nitrogen and oxygen atoms in total. The Balaban J connectivity index is 2.57. The Morgan fingerprint density at radius 1 is 1.47 bits per heavy atom. The predicted octanol–water partition coefficient (Wildman–Crippen LogP) is 1.43. The molecule has 0 aromatic carbocycles. The van der Waals surface area contributed by atoms with Crippen molar-refractivity contribution in [2.45, 2.75) is 32.7 Å². The zero-order valence-corrected chi connectivity index (χ0v) is 11.1. The maximum Gasteiger partial charge on any atom is 0.331 e. The van der Waals surface area contributed by atoms with E-state index >= 15 is 0 Å². The van der Waals surface area contributed by atoms with E-state index in [1.807, 2.05) is 13.0 Å². The van der Waals surface area contributed by atoms with Crippen LogP contribution in [-0.4, -0.2) is 60.1 Å². The molecule has 0 aromatic rings. The Bertz CT molecular complexity index is 289. The van der Waals surface area contributed by atoms with Gasteiger partial charge in [0.15, 0.2) is 0 Å². The van der Waals surface area contributed by atoms with Crippen molar-refractivity contribution in [3.05, 3.63) is 11.6 Å². The minimum Gasteiger partial charge on any atom is -0.478 e. The molecule has 1 fully saturated rings. The van der Waals surface area contributed by atoms with E-state index in [4.69, 9.17) is 5.11 Å². The molecule has 0 saturated carbocycles. The van der Waals surface area contributed by atoms with Crippen molar-refractivity contribution >= 4 is 5.97 Å². The molecule has 0 spiro atoms. The van der Waals surface area contributed by atoms with E-state index < -0.39 is 5.97 Å². The van der Waals surface area contributed by atoms with Crippen LogP contribution in [0, 0.1) is 0 Å². The van der Waals surface area contributed by atoms with Crippen molar-refractivity contribution in [2.24, 2.45) is 0 Å². The predicted molar refractivity (Wildman–Crippen MR) is 69.2 cm³/mol. The molecule has 1 atom stereocenters. The van der Waals surface area contributed by atoms with Crippen LogP contribution in [0.1, 0.15) is 26.7 Å². The molecule has 0 bridgehead atoms. The Kier molecular flexibility index (Phi) is 5.65. The van der Waals surface area contributed by atoms with E-state index in [1.54, 1.807) is 0 Å². The maximum atomic E-state index is 10.9. The molecule has 0 amide bonds. The van der Waals surface area contributed by atoms with Gasteiger partial charge in [-0.3, -0.25) is 4.90 Å². The summed E-state index contributed by atoms with van der Waals surface area (Å²) in [6, 6.07) is 0.491. The standard InChI is InChI=1S/C13H24N2O2/c1-4-12(13(16)17)6-9-15-8-5-7-14(3)10-11(15)2/h6,11H,4-5,7-10H2,1-3H3,(H,16,17). The van der Waals surface area contributed by atoms with Gasteiger partial charge in [-0.25, -0.2) is 4.79 Å². The summed E-state index contributed by atoms with van der Waals surface area (Å²) in [5.74, 6) is -0.785. The normalized spacial score (nSPS) is 24.6. The average Bonchev–Trinajstić information content (AvgIpc) is 2.41. The third-order valence-electron chi connectivity index (χ3n) is 3.41. The minimum absolute atomic E-state index is 0.491. The summed E-state index contributed by atoms with van der Waals surface area (Å²) < 4.78 is 0. The second kappa shape index (κ2) is 6.77. The number of hydrogen-bond donors (Lipinski definition) is 1. The molecular weight excluding hydrogens is 216 g/mol. The summed E-state index contributed by atoms with van der Waals surface area (Å²) in [4.78, 5) is 15.6. The highest BCUT2D eigenvalue weighted by Crippen LogP contribution is 2.09. The topological polar surface area (TPSA) is 43.8 Å². The number of carboxylic acids is 1. The maximum absolute atomic E-state index is 10.9. The number of carbonyl (C=O) groups is 1. The van der Waals surface area contributed by atoms with Gasteiger partial charge in [0.1, 0.15) is 0 Å². The van der Waals surface area contributed by atoms with E-state index in [2.05, 4.69) is 23.8 Å². The summed E-state index contributed by atoms with van der Waals surface area (Å²) in [6.45, 7) is 8.09. The fourth-order valence-corrected chi connectivity index (χ4v) is 2.30. The first-order chi connectivity index (χ1) is 8.04. The summed E-state index contributed by atoms with van der Waals surface area (Å²) in [5.41, 5.74) is 0.523. The fourth-order valence-electron chi connectivity index (χ4n) is 2.30. The van der Waals surface area contributed by atoms with Gasteiger partial charge in [-0.1, -0.05) is 13.0 Å². The Hall–Kier alpha value is -0.870. The highest BCUT2D eigenvalue weighted by Gasteiger charge is 2.18. The molecule has 17 heavy (non-hydrogen) atoms. The Morgan fingerprint density at radius 3 is 2.76 bits per heavy atom. The second-order valence-electron chi connectivity index (χ2n) is 4.85. The number of likely N-dealkylation sites (N-methyl/N-ethyl adjacent to an activating group) is 1. The molecule has 0 aliphatic carbocycles. The van der Waals surface area contributed by atoms with Gasteiger partial charge in [0.25, 0.3) is 0 Å². The Morgan fingerprint density at radius 2 is 2.18 bits per heavy atom. The summed E-state index contributed by atoms with van der Waals surface area (Å²) in [6.07, 6.45) is 3.62. The quantitative estimate of drug-likeness (QED) is 0.755. The molecule has 1 aliphatic heterocycles. The van der Waals surface area contributed by atoms with E-state index in [-0.39, 0.29) is 0 Å². The second-order valence-corrected chi connectivity index (χ2v) is 4.85. The molecular formula is C13H24N2O2. The molecule has 1 N–H and O–H groups in total. The van der Waals surface area contributed by atoms with Crippen molar-refractivity contribution < 1.29 is 9.90 Å². The van der Waals surface area contributed by atoms with Crippen molar-refractivity contribution in [2.75, 3.05) is 33.2 Å². The molecule has 1 heterocycles. The Labute approximate surface area is 104 Å². The van der Waals surface area contributed by atoms with E-state index in [1.165, 1.54) is 0 Å². The number of hydrogen-bond acceptors (Lipinski definition) is 3. The van der Waals surface area contributed by atoms with Gasteiger partial charge in [0.2, 0.25) is 0 Å². The van der Waals surface area contributed by atoms with Crippen LogP contribution in [0.5, 0.6) is 0 Å². The molecule has 1 aliphatic rings. The SMILES string of the molecule is CCC(=CCN1CCCN(C)CC1C)C(=O)O. The van der Waals surface area contributed by atoms with Gasteiger partial charge in [0.05, 0.1) is 0 Å². The van der Waals surface area contributed by atoms with Crippen LogP contribution in [0.25, 0.3) is 0 Å². The number of rotatable bonds is 4. The highest BCUT2D eigenvalue weighted by atomic mass is 16.4. The third kappa shape index (κ3) is 4.48.